The van der Waals surface area contributed by atoms with Gasteiger partial charge in [-0.15, -0.1) is 11.8 Å². The fraction of sp³-hybridized carbons (Fsp3) is 0.364. The second kappa shape index (κ2) is 9.22. The molecule has 8 heteroatoms. The van der Waals surface area contributed by atoms with Crippen LogP contribution in [0, 0.1) is 0 Å². The number of sulfone groups is 1. The van der Waals surface area contributed by atoms with Crippen LogP contribution in [0.3, 0.4) is 0 Å². The zero-order valence-corrected chi connectivity index (χ0v) is 18.9. The predicted molar refractivity (Wildman–Crippen MR) is 121 cm³/mol. The summed E-state index contributed by atoms with van der Waals surface area (Å²) in [7, 11) is -3.73. The van der Waals surface area contributed by atoms with Gasteiger partial charge in [-0.3, -0.25) is 9.59 Å². The van der Waals surface area contributed by atoms with Crippen molar-refractivity contribution in [2.75, 3.05) is 16.4 Å². The molecule has 2 N–H and O–H groups in total. The average molecular weight is 447 g/mol. The number of carbonyl (C=O) groups is 2. The van der Waals surface area contributed by atoms with Gasteiger partial charge in [0, 0.05) is 29.2 Å². The Hall–Kier alpha value is -2.32. The van der Waals surface area contributed by atoms with Crippen LogP contribution in [0.4, 0.5) is 11.4 Å². The molecule has 0 radical (unpaired) electrons. The number of anilines is 2. The topological polar surface area (TPSA) is 92.3 Å². The van der Waals surface area contributed by atoms with Crippen molar-refractivity contribution in [1.29, 1.82) is 0 Å². The van der Waals surface area contributed by atoms with Gasteiger partial charge in [-0.05, 0) is 48.7 Å². The molecule has 3 rings (SSSR count). The fourth-order valence-electron chi connectivity index (χ4n) is 3.14. The molecule has 30 heavy (non-hydrogen) atoms. The minimum atomic E-state index is -3.73. The van der Waals surface area contributed by atoms with Crippen molar-refractivity contribution in [2.24, 2.45) is 0 Å². The van der Waals surface area contributed by atoms with E-state index in [2.05, 4.69) is 24.5 Å². The monoisotopic (exact) mass is 446 g/mol. The van der Waals surface area contributed by atoms with Crippen LogP contribution in [0.15, 0.2) is 52.3 Å². The van der Waals surface area contributed by atoms with Crippen LogP contribution in [-0.2, 0) is 19.4 Å². The Morgan fingerprint density at radius 1 is 1.13 bits per heavy atom. The van der Waals surface area contributed by atoms with Gasteiger partial charge in [0.2, 0.25) is 11.8 Å². The standard InChI is InChI=1S/C22H26N2O4S2/c1-14(2)16-4-6-17(7-5-16)23-22(26)12-15(3)30(27,28)18-8-9-20-19(13-18)24-21(25)10-11-29-20/h4-9,13-15H,10-12H2,1-3H3,(H,23,26)(H,24,25)/t15-/m0/s1. The summed E-state index contributed by atoms with van der Waals surface area (Å²) in [6.45, 7) is 5.70. The molecular formula is C22H26N2O4S2. The smallest absolute Gasteiger partial charge is 0.225 e. The van der Waals surface area contributed by atoms with Gasteiger partial charge in [-0.2, -0.15) is 0 Å². The summed E-state index contributed by atoms with van der Waals surface area (Å²) in [4.78, 5) is 25.1. The van der Waals surface area contributed by atoms with Gasteiger partial charge in [0.15, 0.2) is 9.84 Å². The lowest BCUT2D eigenvalue weighted by atomic mass is 10.0. The van der Waals surface area contributed by atoms with Gasteiger partial charge < -0.3 is 10.6 Å². The van der Waals surface area contributed by atoms with E-state index in [0.29, 0.717) is 29.5 Å². The molecule has 6 nitrogen and oxygen atoms in total. The van der Waals surface area contributed by atoms with Crippen LogP contribution in [0.2, 0.25) is 0 Å². The number of fused-ring (bicyclic) bond motifs is 1. The first-order chi connectivity index (χ1) is 14.2. The van der Waals surface area contributed by atoms with Gasteiger partial charge in [-0.1, -0.05) is 26.0 Å². The van der Waals surface area contributed by atoms with E-state index in [4.69, 9.17) is 0 Å². The quantitative estimate of drug-likeness (QED) is 0.685. The van der Waals surface area contributed by atoms with Crippen molar-refractivity contribution < 1.29 is 18.0 Å². The summed E-state index contributed by atoms with van der Waals surface area (Å²) in [6.07, 6.45) is 0.225. The summed E-state index contributed by atoms with van der Waals surface area (Å²) in [5, 5.41) is 4.62. The molecule has 0 aliphatic carbocycles. The van der Waals surface area contributed by atoms with E-state index in [1.807, 2.05) is 24.3 Å². The molecule has 2 aromatic carbocycles. The second-order valence-corrected chi connectivity index (χ2v) is 11.2. The van der Waals surface area contributed by atoms with E-state index in [1.54, 1.807) is 6.07 Å². The van der Waals surface area contributed by atoms with E-state index in [9.17, 15) is 18.0 Å². The van der Waals surface area contributed by atoms with E-state index in [-0.39, 0.29) is 23.1 Å². The van der Waals surface area contributed by atoms with Crippen LogP contribution in [0.25, 0.3) is 0 Å². The molecule has 0 saturated heterocycles. The van der Waals surface area contributed by atoms with Gasteiger partial charge >= 0.3 is 0 Å². The maximum atomic E-state index is 13.0. The number of benzene rings is 2. The summed E-state index contributed by atoms with van der Waals surface area (Å²) in [5.41, 5.74) is 2.31. The Morgan fingerprint density at radius 3 is 2.50 bits per heavy atom. The third kappa shape index (κ3) is 5.23. The highest BCUT2D eigenvalue weighted by Gasteiger charge is 2.27. The molecule has 1 aliphatic heterocycles. The predicted octanol–water partition coefficient (Wildman–Crippen LogP) is 4.44. The van der Waals surface area contributed by atoms with Crippen molar-refractivity contribution in [2.45, 2.75) is 54.6 Å². The molecule has 0 saturated carbocycles. The molecule has 0 aromatic heterocycles. The highest BCUT2D eigenvalue weighted by atomic mass is 32.2. The lowest BCUT2D eigenvalue weighted by molar-refractivity contribution is -0.116. The summed E-state index contributed by atoms with van der Waals surface area (Å²) < 4.78 is 26.0. The largest absolute Gasteiger partial charge is 0.326 e. The number of thioether (sulfide) groups is 1. The zero-order chi connectivity index (χ0) is 21.9. The zero-order valence-electron chi connectivity index (χ0n) is 17.3. The average Bonchev–Trinajstić information content (AvgIpc) is 2.88. The van der Waals surface area contributed by atoms with Gasteiger partial charge in [0.25, 0.3) is 0 Å². The van der Waals surface area contributed by atoms with Crippen molar-refractivity contribution in [3.8, 4) is 0 Å². The first kappa shape index (κ1) is 22.4. The molecule has 160 valence electrons. The molecule has 1 aliphatic rings. The molecule has 1 atom stereocenters. The van der Waals surface area contributed by atoms with E-state index >= 15 is 0 Å². The number of hydrogen-bond acceptors (Lipinski definition) is 5. The van der Waals surface area contributed by atoms with Crippen LogP contribution in [-0.4, -0.2) is 31.2 Å². The Labute approximate surface area is 181 Å². The molecule has 2 aromatic rings. The lowest BCUT2D eigenvalue weighted by Crippen LogP contribution is -2.25. The Bertz CT molecular complexity index is 1050. The molecule has 0 bridgehead atoms. The van der Waals surface area contributed by atoms with E-state index in [1.165, 1.54) is 30.8 Å². The Morgan fingerprint density at radius 2 is 1.83 bits per heavy atom. The normalized spacial score (nSPS) is 15.1. The third-order valence-electron chi connectivity index (χ3n) is 5.00. The van der Waals surface area contributed by atoms with E-state index in [0.717, 1.165) is 10.5 Å². The molecule has 0 fully saturated rings. The fourth-order valence-corrected chi connectivity index (χ4v) is 5.45. The minimum absolute atomic E-state index is 0.102. The highest BCUT2D eigenvalue weighted by molar-refractivity contribution is 7.99. The van der Waals surface area contributed by atoms with Crippen molar-refractivity contribution >= 4 is 44.8 Å². The SMILES string of the molecule is CC(C)c1ccc(NC(=O)C[C@H](C)S(=O)(=O)c2ccc3c(c2)NC(=O)CCS3)cc1. The number of amides is 2. The maximum absolute atomic E-state index is 13.0. The van der Waals surface area contributed by atoms with Crippen molar-refractivity contribution in [1.82, 2.24) is 0 Å². The third-order valence-corrected chi connectivity index (χ3v) is 8.22. The number of nitrogens with one attached hydrogen (secondary N) is 2. The Kier molecular flexibility index (Phi) is 6.88. The molecular weight excluding hydrogens is 420 g/mol. The van der Waals surface area contributed by atoms with Crippen LogP contribution >= 0.6 is 11.8 Å². The van der Waals surface area contributed by atoms with Crippen LogP contribution in [0.1, 0.15) is 45.1 Å². The van der Waals surface area contributed by atoms with Gasteiger partial charge in [0.1, 0.15) is 0 Å². The molecule has 0 spiro atoms. The second-order valence-electron chi connectivity index (χ2n) is 7.69. The summed E-state index contributed by atoms with van der Waals surface area (Å²) >= 11 is 1.51. The van der Waals surface area contributed by atoms with Crippen LogP contribution < -0.4 is 10.6 Å². The first-order valence-electron chi connectivity index (χ1n) is 9.87. The van der Waals surface area contributed by atoms with Crippen LogP contribution in [0.5, 0.6) is 0 Å². The molecule has 1 heterocycles. The molecule has 0 unspecified atom stereocenters. The first-order valence-corrected chi connectivity index (χ1v) is 12.4. The Balaban J connectivity index is 1.70. The van der Waals surface area contributed by atoms with Gasteiger partial charge in [-0.25, -0.2) is 8.42 Å². The number of carbonyl (C=O) groups excluding carboxylic acids is 2. The highest BCUT2D eigenvalue weighted by Crippen LogP contribution is 2.33. The summed E-state index contributed by atoms with van der Waals surface area (Å²) in [6, 6.07) is 12.3. The number of hydrogen-bond donors (Lipinski definition) is 2. The summed E-state index contributed by atoms with van der Waals surface area (Å²) in [5.74, 6) is 0.553. The minimum Gasteiger partial charge on any atom is -0.326 e. The van der Waals surface area contributed by atoms with Crippen molar-refractivity contribution in [3.63, 3.8) is 0 Å². The van der Waals surface area contributed by atoms with Crippen molar-refractivity contribution in [3.05, 3.63) is 48.0 Å². The van der Waals surface area contributed by atoms with Gasteiger partial charge in [0.05, 0.1) is 15.8 Å². The lowest BCUT2D eigenvalue weighted by Gasteiger charge is -2.15. The maximum Gasteiger partial charge on any atom is 0.225 e. The molecule has 2 amide bonds. The van der Waals surface area contributed by atoms with E-state index < -0.39 is 15.1 Å². The number of rotatable bonds is 6.